The van der Waals surface area contributed by atoms with E-state index in [2.05, 4.69) is 29.6 Å². The Morgan fingerprint density at radius 2 is 1.69 bits per heavy atom. The number of nitriles is 1. The van der Waals surface area contributed by atoms with Gasteiger partial charge < -0.3 is 24.3 Å². The number of fused-ring (bicyclic) bond motifs is 1. The van der Waals surface area contributed by atoms with Gasteiger partial charge in [0.1, 0.15) is 29.7 Å². The third-order valence-electron chi connectivity index (χ3n) is 6.09. The van der Waals surface area contributed by atoms with Crippen molar-refractivity contribution in [2.24, 2.45) is 0 Å². The zero-order valence-electron chi connectivity index (χ0n) is 22.2. The molecule has 198 valence electrons. The molecule has 7 heteroatoms. The van der Waals surface area contributed by atoms with Crippen molar-refractivity contribution in [1.82, 2.24) is 5.32 Å². The first-order valence-corrected chi connectivity index (χ1v) is 12.5. The Bertz CT molecular complexity index is 1540. The van der Waals surface area contributed by atoms with E-state index in [0.717, 1.165) is 16.5 Å². The number of amides is 1. The fourth-order valence-electron chi connectivity index (χ4n) is 4.08. The summed E-state index contributed by atoms with van der Waals surface area (Å²) >= 11 is 0. The fraction of sp³-hybridized carbons (Fsp3) is 0.188. The molecular weight excluding hydrogens is 492 g/mol. The Morgan fingerprint density at radius 1 is 0.872 bits per heavy atom. The molecule has 0 fully saturated rings. The van der Waals surface area contributed by atoms with Crippen molar-refractivity contribution in [2.45, 2.75) is 20.1 Å². The third kappa shape index (κ3) is 6.88. The van der Waals surface area contributed by atoms with E-state index < -0.39 is 5.91 Å². The summed E-state index contributed by atoms with van der Waals surface area (Å²) in [5.74, 6) is 1.85. The van der Waals surface area contributed by atoms with E-state index >= 15 is 0 Å². The van der Waals surface area contributed by atoms with Crippen LogP contribution >= 0.6 is 0 Å². The Balaban J connectivity index is 1.46. The summed E-state index contributed by atoms with van der Waals surface area (Å²) in [6, 6.07) is 27.0. The summed E-state index contributed by atoms with van der Waals surface area (Å²) in [6.07, 6.45) is 1.52. The van der Waals surface area contributed by atoms with Gasteiger partial charge in [-0.15, -0.1) is 0 Å². The van der Waals surface area contributed by atoms with E-state index in [1.54, 1.807) is 50.6 Å². The van der Waals surface area contributed by atoms with Crippen LogP contribution in [-0.4, -0.2) is 26.7 Å². The molecule has 0 atom stereocenters. The number of carbonyl (C=O) groups excluding carboxylic acids is 1. The maximum absolute atomic E-state index is 12.8. The molecule has 0 radical (unpaired) electrons. The van der Waals surface area contributed by atoms with Crippen LogP contribution in [0.25, 0.3) is 16.8 Å². The number of benzene rings is 4. The van der Waals surface area contributed by atoms with E-state index in [1.807, 2.05) is 31.2 Å². The zero-order valence-corrected chi connectivity index (χ0v) is 22.2. The zero-order chi connectivity index (χ0) is 27.6. The topological polar surface area (TPSA) is 89.8 Å². The van der Waals surface area contributed by atoms with Gasteiger partial charge in [0.05, 0.1) is 20.8 Å². The molecular formula is C32H30N2O5. The maximum Gasteiger partial charge on any atom is 0.262 e. The van der Waals surface area contributed by atoms with Crippen molar-refractivity contribution in [1.29, 1.82) is 5.26 Å². The first-order valence-electron chi connectivity index (χ1n) is 12.5. The minimum absolute atomic E-state index is 0.0326. The number of ether oxygens (including phenoxy) is 4. The van der Waals surface area contributed by atoms with Gasteiger partial charge in [-0.2, -0.15) is 5.26 Å². The Labute approximate surface area is 228 Å². The van der Waals surface area contributed by atoms with Crippen molar-refractivity contribution in [3.8, 4) is 29.1 Å². The highest BCUT2D eigenvalue weighted by molar-refractivity contribution is 6.01. The molecule has 0 spiro atoms. The molecule has 39 heavy (non-hydrogen) atoms. The summed E-state index contributed by atoms with van der Waals surface area (Å²) in [5.41, 5.74) is 2.41. The van der Waals surface area contributed by atoms with Crippen molar-refractivity contribution < 1.29 is 23.7 Å². The molecule has 0 aliphatic heterocycles. The summed E-state index contributed by atoms with van der Waals surface area (Å²) in [5, 5.41) is 14.8. The van der Waals surface area contributed by atoms with Gasteiger partial charge in [-0.25, -0.2) is 0 Å². The largest absolute Gasteiger partial charge is 0.497 e. The van der Waals surface area contributed by atoms with Crippen LogP contribution in [0, 0.1) is 11.3 Å². The van der Waals surface area contributed by atoms with Crippen LogP contribution in [0.5, 0.6) is 23.0 Å². The average molecular weight is 523 g/mol. The van der Waals surface area contributed by atoms with Crippen molar-refractivity contribution >= 4 is 22.8 Å². The number of hydrogen-bond donors (Lipinski definition) is 1. The monoisotopic (exact) mass is 522 g/mol. The summed E-state index contributed by atoms with van der Waals surface area (Å²) in [4.78, 5) is 12.8. The highest BCUT2D eigenvalue weighted by atomic mass is 16.5. The van der Waals surface area contributed by atoms with Crippen LogP contribution in [0.4, 0.5) is 0 Å². The Morgan fingerprint density at radius 3 is 2.44 bits per heavy atom. The SMILES string of the molecule is CCOc1cc(/C=C(\C#N)C(=O)NCc2ccc(OC)cc2OC)ccc1OCc1ccc2ccccc2c1. The van der Waals surface area contributed by atoms with Crippen LogP contribution in [-0.2, 0) is 17.9 Å². The second-order valence-corrected chi connectivity index (χ2v) is 8.64. The molecule has 0 saturated carbocycles. The standard InChI is InChI=1S/C32H30N2O5/c1-4-38-31-17-22(10-14-29(31)39-21-23-9-11-24-7-5-6-8-25(24)16-23)15-27(19-33)32(35)34-20-26-12-13-28(36-2)18-30(26)37-3/h5-18H,4,20-21H2,1-3H3,(H,34,35)/b27-15+. The van der Waals surface area contributed by atoms with Gasteiger partial charge in [0.2, 0.25) is 0 Å². The van der Waals surface area contributed by atoms with Gasteiger partial charge in [-0.3, -0.25) is 4.79 Å². The minimum atomic E-state index is -0.495. The predicted octanol–water partition coefficient (Wildman–Crippen LogP) is 6.06. The van der Waals surface area contributed by atoms with Crippen LogP contribution in [0.1, 0.15) is 23.6 Å². The molecule has 0 saturated heterocycles. The van der Waals surface area contributed by atoms with Gasteiger partial charge in [-0.05, 0) is 65.2 Å². The second-order valence-electron chi connectivity index (χ2n) is 8.64. The highest BCUT2D eigenvalue weighted by Gasteiger charge is 2.13. The lowest BCUT2D eigenvalue weighted by atomic mass is 10.1. The number of nitrogens with one attached hydrogen (secondary N) is 1. The summed E-state index contributed by atoms with van der Waals surface area (Å²) < 4.78 is 22.5. The minimum Gasteiger partial charge on any atom is -0.497 e. The quantitative estimate of drug-likeness (QED) is 0.190. The maximum atomic E-state index is 12.8. The average Bonchev–Trinajstić information content (AvgIpc) is 2.98. The lowest BCUT2D eigenvalue weighted by Gasteiger charge is -2.13. The molecule has 4 rings (SSSR count). The van der Waals surface area contributed by atoms with Gasteiger partial charge in [0.15, 0.2) is 11.5 Å². The van der Waals surface area contributed by atoms with Gasteiger partial charge >= 0.3 is 0 Å². The van der Waals surface area contributed by atoms with Gasteiger partial charge in [0, 0.05) is 18.2 Å². The first-order chi connectivity index (χ1) is 19.0. The molecule has 0 aromatic heterocycles. The number of nitrogens with zero attached hydrogens (tertiary/aromatic N) is 1. The summed E-state index contributed by atoms with van der Waals surface area (Å²) in [7, 11) is 3.12. The molecule has 0 bridgehead atoms. The summed E-state index contributed by atoms with van der Waals surface area (Å²) in [6.45, 7) is 2.89. The molecule has 0 aliphatic carbocycles. The molecule has 4 aromatic carbocycles. The predicted molar refractivity (Wildman–Crippen MR) is 151 cm³/mol. The van der Waals surface area contributed by atoms with Gasteiger partial charge in [-0.1, -0.05) is 42.5 Å². The number of hydrogen-bond acceptors (Lipinski definition) is 6. The smallest absolute Gasteiger partial charge is 0.262 e. The van der Waals surface area contributed by atoms with E-state index in [0.29, 0.717) is 41.8 Å². The molecule has 4 aromatic rings. The lowest BCUT2D eigenvalue weighted by molar-refractivity contribution is -0.117. The number of rotatable bonds is 11. The number of methoxy groups -OCH3 is 2. The van der Waals surface area contributed by atoms with Crippen molar-refractivity contribution in [2.75, 3.05) is 20.8 Å². The van der Waals surface area contributed by atoms with Crippen molar-refractivity contribution in [3.05, 3.63) is 101 Å². The van der Waals surface area contributed by atoms with Crippen LogP contribution in [0.2, 0.25) is 0 Å². The molecule has 7 nitrogen and oxygen atoms in total. The molecule has 0 heterocycles. The van der Waals surface area contributed by atoms with Crippen LogP contribution in [0.3, 0.4) is 0 Å². The molecule has 1 N–H and O–H groups in total. The Hall–Kier alpha value is -4.96. The molecule has 0 unspecified atom stereocenters. The third-order valence-corrected chi connectivity index (χ3v) is 6.09. The normalized spacial score (nSPS) is 11.0. The van der Waals surface area contributed by atoms with Crippen molar-refractivity contribution in [3.63, 3.8) is 0 Å². The number of carbonyl (C=O) groups is 1. The van der Waals surface area contributed by atoms with E-state index in [4.69, 9.17) is 18.9 Å². The highest BCUT2D eigenvalue weighted by Crippen LogP contribution is 2.31. The van der Waals surface area contributed by atoms with Crippen LogP contribution < -0.4 is 24.3 Å². The fourth-order valence-corrected chi connectivity index (χ4v) is 4.08. The van der Waals surface area contributed by atoms with Gasteiger partial charge in [0.25, 0.3) is 5.91 Å². The van der Waals surface area contributed by atoms with E-state index in [-0.39, 0.29) is 12.1 Å². The molecule has 1 amide bonds. The lowest BCUT2D eigenvalue weighted by Crippen LogP contribution is -2.24. The second kappa shape index (κ2) is 13.0. The van der Waals surface area contributed by atoms with E-state index in [9.17, 15) is 10.1 Å². The van der Waals surface area contributed by atoms with E-state index in [1.165, 1.54) is 11.5 Å². The molecule has 0 aliphatic rings. The first kappa shape index (κ1) is 27.1. The Kier molecular flexibility index (Phi) is 9.04. The van der Waals surface area contributed by atoms with Crippen LogP contribution in [0.15, 0.2) is 84.4 Å².